The summed E-state index contributed by atoms with van der Waals surface area (Å²) in [7, 11) is 0. The molecular weight excluding hydrogens is 222 g/mol. The van der Waals surface area contributed by atoms with Crippen molar-refractivity contribution in [1.29, 1.82) is 0 Å². The van der Waals surface area contributed by atoms with Crippen LogP contribution in [0, 0.1) is 0 Å². The Labute approximate surface area is 108 Å². The fourth-order valence-corrected chi connectivity index (χ4v) is 1.83. The molecule has 1 aromatic heterocycles. The molecule has 0 aliphatic rings. The molecule has 0 amide bonds. The number of nitrogens with zero attached hydrogens (tertiary/aromatic N) is 1. The fraction of sp³-hybridized carbons (Fsp3) is 0.267. The van der Waals surface area contributed by atoms with Crippen LogP contribution < -0.4 is 11.1 Å². The van der Waals surface area contributed by atoms with E-state index in [9.17, 15) is 0 Å². The predicted octanol–water partition coefficient (Wildman–Crippen LogP) is 3.23. The lowest BCUT2D eigenvalue weighted by Crippen LogP contribution is -2.06. The van der Waals surface area contributed by atoms with Crippen LogP contribution >= 0.6 is 0 Å². The monoisotopic (exact) mass is 241 g/mol. The van der Waals surface area contributed by atoms with Crippen molar-refractivity contribution in [2.24, 2.45) is 0 Å². The highest BCUT2D eigenvalue weighted by Gasteiger charge is 2.02. The molecule has 1 heterocycles. The number of aromatic nitrogens is 1. The normalized spacial score (nSPS) is 10.3. The van der Waals surface area contributed by atoms with Crippen LogP contribution in [0.15, 0.2) is 42.5 Å². The number of aryl methyl sites for hydroxylation is 1. The minimum Gasteiger partial charge on any atom is -0.396 e. The molecule has 0 spiro atoms. The molecule has 0 atom stereocenters. The molecule has 3 nitrogen and oxygen atoms in total. The zero-order valence-electron chi connectivity index (χ0n) is 10.7. The van der Waals surface area contributed by atoms with E-state index in [1.54, 1.807) is 0 Å². The molecule has 0 fully saturated rings. The van der Waals surface area contributed by atoms with E-state index in [0.29, 0.717) is 5.69 Å². The van der Waals surface area contributed by atoms with Gasteiger partial charge in [0.1, 0.15) is 5.82 Å². The highest BCUT2D eigenvalue weighted by atomic mass is 15.0. The molecule has 0 bridgehead atoms. The molecule has 2 aromatic rings. The van der Waals surface area contributed by atoms with Crippen LogP contribution in [0.3, 0.4) is 0 Å². The second-order valence-electron chi connectivity index (χ2n) is 4.33. The Morgan fingerprint density at radius 3 is 2.61 bits per heavy atom. The summed E-state index contributed by atoms with van der Waals surface area (Å²) in [6, 6.07) is 14.1. The van der Waals surface area contributed by atoms with Gasteiger partial charge in [0.2, 0.25) is 0 Å². The maximum absolute atomic E-state index is 5.92. The molecule has 0 unspecified atom stereocenters. The van der Waals surface area contributed by atoms with Crippen LogP contribution in [0.4, 0.5) is 11.5 Å². The largest absolute Gasteiger partial charge is 0.396 e. The summed E-state index contributed by atoms with van der Waals surface area (Å²) >= 11 is 0. The van der Waals surface area contributed by atoms with Gasteiger partial charge in [-0.05, 0) is 24.1 Å². The number of hydrogen-bond acceptors (Lipinski definition) is 3. The van der Waals surface area contributed by atoms with Crippen LogP contribution in [0.5, 0.6) is 0 Å². The first kappa shape index (κ1) is 12.4. The van der Waals surface area contributed by atoms with E-state index in [2.05, 4.69) is 29.4 Å². The predicted molar refractivity (Wildman–Crippen MR) is 76.4 cm³/mol. The smallest absolute Gasteiger partial charge is 0.149 e. The summed E-state index contributed by atoms with van der Waals surface area (Å²) in [5.74, 6) is 0.782. The van der Waals surface area contributed by atoms with Gasteiger partial charge in [-0.3, -0.25) is 0 Å². The third-order valence-corrected chi connectivity index (χ3v) is 2.79. The van der Waals surface area contributed by atoms with Crippen molar-refractivity contribution in [2.45, 2.75) is 26.3 Å². The number of rotatable bonds is 5. The number of anilines is 2. The zero-order chi connectivity index (χ0) is 12.8. The van der Waals surface area contributed by atoms with Gasteiger partial charge >= 0.3 is 0 Å². The number of pyridine rings is 1. The minimum atomic E-state index is 0.700. The first-order valence-corrected chi connectivity index (χ1v) is 6.33. The summed E-state index contributed by atoms with van der Waals surface area (Å²) in [6.45, 7) is 2.89. The molecule has 3 N–H and O–H groups in total. The van der Waals surface area contributed by atoms with E-state index in [0.717, 1.165) is 30.9 Å². The van der Waals surface area contributed by atoms with Crippen molar-refractivity contribution >= 4 is 11.5 Å². The van der Waals surface area contributed by atoms with Gasteiger partial charge < -0.3 is 11.1 Å². The average molecular weight is 241 g/mol. The summed E-state index contributed by atoms with van der Waals surface area (Å²) in [4.78, 5) is 4.54. The number of hydrogen-bond donors (Lipinski definition) is 2. The Kier molecular flexibility index (Phi) is 4.18. The minimum absolute atomic E-state index is 0.700. The van der Waals surface area contributed by atoms with E-state index in [4.69, 9.17) is 5.73 Å². The molecule has 0 saturated heterocycles. The van der Waals surface area contributed by atoms with Gasteiger partial charge in [0.25, 0.3) is 0 Å². The third kappa shape index (κ3) is 3.23. The van der Waals surface area contributed by atoms with Gasteiger partial charge in [-0.15, -0.1) is 0 Å². The van der Waals surface area contributed by atoms with Crippen molar-refractivity contribution in [3.63, 3.8) is 0 Å². The molecule has 2 rings (SSSR count). The lowest BCUT2D eigenvalue weighted by Gasteiger charge is -2.10. The molecule has 0 saturated carbocycles. The average Bonchev–Trinajstić information content (AvgIpc) is 2.41. The third-order valence-electron chi connectivity index (χ3n) is 2.79. The maximum Gasteiger partial charge on any atom is 0.149 e. The summed E-state index contributed by atoms with van der Waals surface area (Å²) < 4.78 is 0. The standard InChI is InChI=1S/C15H19N3/c1-2-6-13-9-10-14(16)15(18-13)17-11-12-7-4-3-5-8-12/h3-5,7-10H,2,6,11,16H2,1H3,(H,17,18). The van der Waals surface area contributed by atoms with Gasteiger partial charge in [0, 0.05) is 12.2 Å². The van der Waals surface area contributed by atoms with Gasteiger partial charge in [-0.2, -0.15) is 0 Å². The summed E-state index contributed by atoms with van der Waals surface area (Å²) in [6.07, 6.45) is 2.08. The van der Waals surface area contributed by atoms with Crippen molar-refractivity contribution in [2.75, 3.05) is 11.1 Å². The van der Waals surface area contributed by atoms with Crippen molar-refractivity contribution < 1.29 is 0 Å². The number of benzene rings is 1. The number of nitrogen functional groups attached to an aromatic ring is 1. The molecule has 1 aromatic carbocycles. The molecular formula is C15H19N3. The topological polar surface area (TPSA) is 50.9 Å². The fourth-order valence-electron chi connectivity index (χ4n) is 1.83. The highest BCUT2D eigenvalue weighted by molar-refractivity contribution is 5.61. The van der Waals surface area contributed by atoms with Crippen molar-refractivity contribution in [1.82, 2.24) is 4.98 Å². The molecule has 94 valence electrons. The van der Waals surface area contributed by atoms with Gasteiger partial charge in [-0.25, -0.2) is 4.98 Å². The van der Waals surface area contributed by atoms with Crippen molar-refractivity contribution in [3.05, 3.63) is 53.7 Å². The quantitative estimate of drug-likeness (QED) is 0.845. The highest BCUT2D eigenvalue weighted by Crippen LogP contribution is 2.17. The van der Waals surface area contributed by atoms with Crippen LogP contribution in [-0.2, 0) is 13.0 Å². The molecule has 18 heavy (non-hydrogen) atoms. The molecule has 0 aliphatic carbocycles. The Bertz CT molecular complexity index is 494. The second kappa shape index (κ2) is 6.05. The van der Waals surface area contributed by atoms with E-state index >= 15 is 0 Å². The molecule has 0 radical (unpaired) electrons. The Balaban J connectivity index is 2.06. The van der Waals surface area contributed by atoms with E-state index < -0.39 is 0 Å². The van der Waals surface area contributed by atoms with Gasteiger partial charge in [0.05, 0.1) is 5.69 Å². The zero-order valence-corrected chi connectivity index (χ0v) is 10.7. The number of nitrogens with two attached hydrogens (primary N) is 1. The van der Waals surface area contributed by atoms with E-state index in [1.165, 1.54) is 5.56 Å². The Hall–Kier alpha value is -2.03. The first-order valence-electron chi connectivity index (χ1n) is 6.33. The van der Waals surface area contributed by atoms with E-state index in [-0.39, 0.29) is 0 Å². The van der Waals surface area contributed by atoms with Gasteiger partial charge in [-0.1, -0.05) is 43.7 Å². The lowest BCUT2D eigenvalue weighted by atomic mass is 10.2. The van der Waals surface area contributed by atoms with Crippen LogP contribution in [0.1, 0.15) is 24.6 Å². The second-order valence-corrected chi connectivity index (χ2v) is 4.33. The van der Waals surface area contributed by atoms with E-state index in [1.807, 2.05) is 30.3 Å². The Morgan fingerprint density at radius 1 is 1.11 bits per heavy atom. The summed E-state index contributed by atoms with van der Waals surface area (Å²) in [5, 5.41) is 3.29. The van der Waals surface area contributed by atoms with Crippen LogP contribution in [0.25, 0.3) is 0 Å². The van der Waals surface area contributed by atoms with Crippen molar-refractivity contribution in [3.8, 4) is 0 Å². The maximum atomic E-state index is 5.92. The van der Waals surface area contributed by atoms with Gasteiger partial charge in [0.15, 0.2) is 0 Å². The first-order chi connectivity index (χ1) is 8.79. The molecule has 0 aliphatic heterocycles. The summed E-state index contributed by atoms with van der Waals surface area (Å²) in [5.41, 5.74) is 8.93. The number of nitrogens with one attached hydrogen (secondary N) is 1. The van der Waals surface area contributed by atoms with Crippen LogP contribution in [0.2, 0.25) is 0 Å². The molecule has 3 heteroatoms. The Morgan fingerprint density at radius 2 is 1.89 bits per heavy atom. The SMILES string of the molecule is CCCc1ccc(N)c(NCc2ccccc2)n1. The van der Waals surface area contributed by atoms with Crippen LogP contribution in [-0.4, -0.2) is 4.98 Å². The lowest BCUT2D eigenvalue weighted by molar-refractivity contribution is 0.882.